The van der Waals surface area contributed by atoms with E-state index in [1.807, 2.05) is 0 Å². The molecule has 0 aliphatic heterocycles. The molecule has 0 saturated carbocycles. The summed E-state index contributed by atoms with van der Waals surface area (Å²) in [5.41, 5.74) is 0.224. The number of rotatable bonds is 5. The predicted octanol–water partition coefficient (Wildman–Crippen LogP) is 3.39. The van der Waals surface area contributed by atoms with Gasteiger partial charge >= 0.3 is 5.97 Å². The van der Waals surface area contributed by atoms with E-state index in [1.165, 1.54) is 7.11 Å². The van der Waals surface area contributed by atoms with E-state index in [0.29, 0.717) is 6.42 Å². The summed E-state index contributed by atoms with van der Waals surface area (Å²) in [5.74, 6) is -0.125. The standard InChI is InChI=1S/C11H21BrO2/c1-10(2,6-9(13)14-5)7-11(3,4)8-12/h6-8H2,1-5H3. The summed E-state index contributed by atoms with van der Waals surface area (Å²) in [4.78, 5) is 11.2. The van der Waals surface area contributed by atoms with Crippen LogP contribution in [0.3, 0.4) is 0 Å². The van der Waals surface area contributed by atoms with Crippen LogP contribution in [0.25, 0.3) is 0 Å². The third-order valence-electron chi connectivity index (χ3n) is 2.17. The van der Waals surface area contributed by atoms with Gasteiger partial charge < -0.3 is 4.74 Å². The molecule has 0 rings (SSSR count). The molecule has 0 fully saturated rings. The zero-order chi connectivity index (χ0) is 11.4. The molecule has 0 aromatic rings. The predicted molar refractivity (Wildman–Crippen MR) is 62.6 cm³/mol. The Labute approximate surface area is 95.5 Å². The molecular weight excluding hydrogens is 244 g/mol. The summed E-state index contributed by atoms with van der Waals surface area (Å²) in [5, 5.41) is 0.949. The van der Waals surface area contributed by atoms with Crippen molar-refractivity contribution >= 4 is 21.9 Å². The second-order valence-corrected chi connectivity index (χ2v) is 5.95. The van der Waals surface area contributed by atoms with Gasteiger partial charge in [0, 0.05) is 5.33 Å². The molecule has 0 aromatic heterocycles. The minimum atomic E-state index is -0.125. The van der Waals surface area contributed by atoms with E-state index in [9.17, 15) is 4.79 Å². The van der Waals surface area contributed by atoms with Crippen LogP contribution in [-0.2, 0) is 9.53 Å². The number of carbonyl (C=O) groups excluding carboxylic acids is 1. The minimum Gasteiger partial charge on any atom is -0.469 e. The summed E-state index contributed by atoms with van der Waals surface area (Å²) >= 11 is 3.49. The van der Waals surface area contributed by atoms with Crippen molar-refractivity contribution in [2.45, 2.75) is 40.5 Å². The molecule has 0 radical (unpaired) electrons. The van der Waals surface area contributed by atoms with Crippen LogP contribution < -0.4 is 0 Å². The molecule has 0 aliphatic rings. The lowest BCUT2D eigenvalue weighted by Crippen LogP contribution is -2.27. The van der Waals surface area contributed by atoms with Crippen molar-refractivity contribution in [3.05, 3.63) is 0 Å². The molecule has 0 aromatic carbocycles. The van der Waals surface area contributed by atoms with Crippen LogP contribution in [-0.4, -0.2) is 18.4 Å². The smallest absolute Gasteiger partial charge is 0.306 e. The zero-order valence-corrected chi connectivity index (χ0v) is 11.4. The highest BCUT2D eigenvalue weighted by molar-refractivity contribution is 9.09. The normalized spacial score (nSPS) is 12.7. The molecule has 0 unspecified atom stereocenters. The van der Waals surface area contributed by atoms with Crippen LogP contribution in [0, 0.1) is 10.8 Å². The fourth-order valence-corrected chi connectivity index (χ4v) is 2.07. The van der Waals surface area contributed by atoms with Crippen molar-refractivity contribution in [3.63, 3.8) is 0 Å². The Bertz CT molecular complexity index is 197. The molecule has 0 saturated heterocycles. The molecule has 0 spiro atoms. The van der Waals surface area contributed by atoms with Gasteiger partial charge in [0.2, 0.25) is 0 Å². The molecule has 0 heterocycles. The quantitative estimate of drug-likeness (QED) is 0.562. The third-order valence-corrected chi connectivity index (χ3v) is 3.69. The van der Waals surface area contributed by atoms with Crippen LogP contribution in [0.2, 0.25) is 0 Å². The number of ether oxygens (including phenoxy) is 1. The van der Waals surface area contributed by atoms with Gasteiger partial charge in [0.1, 0.15) is 0 Å². The van der Waals surface area contributed by atoms with Crippen molar-refractivity contribution in [3.8, 4) is 0 Å². The average molecular weight is 265 g/mol. The third kappa shape index (κ3) is 5.63. The Hall–Kier alpha value is -0.0500. The lowest BCUT2D eigenvalue weighted by molar-refractivity contribution is -0.143. The number of carbonyl (C=O) groups is 1. The number of hydrogen-bond acceptors (Lipinski definition) is 2. The highest BCUT2D eigenvalue weighted by Gasteiger charge is 2.30. The largest absolute Gasteiger partial charge is 0.469 e. The number of hydrogen-bond donors (Lipinski definition) is 0. The molecule has 0 bridgehead atoms. The van der Waals surface area contributed by atoms with E-state index in [4.69, 9.17) is 0 Å². The summed E-state index contributed by atoms with van der Waals surface area (Å²) < 4.78 is 4.68. The molecular formula is C11H21BrO2. The fourth-order valence-electron chi connectivity index (χ4n) is 1.87. The van der Waals surface area contributed by atoms with Gasteiger partial charge in [-0.15, -0.1) is 0 Å². The average Bonchev–Trinajstić information content (AvgIpc) is 2.01. The zero-order valence-electron chi connectivity index (χ0n) is 9.82. The van der Waals surface area contributed by atoms with Gasteiger partial charge in [-0.3, -0.25) is 4.79 Å². The second kappa shape index (κ2) is 5.15. The van der Waals surface area contributed by atoms with Crippen LogP contribution in [0.1, 0.15) is 40.5 Å². The Balaban J connectivity index is 4.26. The topological polar surface area (TPSA) is 26.3 Å². The first-order valence-corrected chi connectivity index (χ1v) is 5.97. The minimum absolute atomic E-state index is 0.00433. The Morgan fingerprint density at radius 1 is 1.21 bits per heavy atom. The first-order valence-electron chi connectivity index (χ1n) is 4.85. The van der Waals surface area contributed by atoms with E-state index in [2.05, 4.69) is 48.4 Å². The monoisotopic (exact) mass is 264 g/mol. The van der Waals surface area contributed by atoms with Gasteiger partial charge in [-0.05, 0) is 17.3 Å². The summed E-state index contributed by atoms with van der Waals surface area (Å²) in [7, 11) is 1.44. The summed E-state index contributed by atoms with van der Waals surface area (Å²) in [6.07, 6.45) is 1.49. The van der Waals surface area contributed by atoms with Crippen LogP contribution in [0.4, 0.5) is 0 Å². The van der Waals surface area contributed by atoms with Crippen molar-refractivity contribution in [1.82, 2.24) is 0 Å². The molecule has 0 amide bonds. The molecule has 0 N–H and O–H groups in total. The van der Waals surface area contributed by atoms with Crippen LogP contribution in [0.5, 0.6) is 0 Å². The highest BCUT2D eigenvalue weighted by atomic mass is 79.9. The van der Waals surface area contributed by atoms with Gasteiger partial charge in [-0.1, -0.05) is 43.6 Å². The van der Waals surface area contributed by atoms with Crippen molar-refractivity contribution < 1.29 is 9.53 Å². The number of alkyl halides is 1. The van der Waals surface area contributed by atoms with E-state index in [-0.39, 0.29) is 16.8 Å². The Kier molecular flexibility index (Phi) is 5.13. The second-order valence-electron chi connectivity index (χ2n) is 5.39. The van der Waals surface area contributed by atoms with Gasteiger partial charge in [0.05, 0.1) is 13.5 Å². The Morgan fingerprint density at radius 2 is 1.71 bits per heavy atom. The van der Waals surface area contributed by atoms with E-state index in [1.54, 1.807) is 0 Å². The Morgan fingerprint density at radius 3 is 2.07 bits per heavy atom. The summed E-state index contributed by atoms with van der Waals surface area (Å²) in [6, 6.07) is 0. The lowest BCUT2D eigenvalue weighted by atomic mass is 9.74. The van der Waals surface area contributed by atoms with E-state index < -0.39 is 0 Å². The number of esters is 1. The molecule has 14 heavy (non-hydrogen) atoms. The van der Waals surface area contributed by atoms with Gasteiger partial charge in [-0.25, -0.2) is 0 Å². The lowest BCUT2D eigenvalue weighted by Gasteiger charge is -2.32. The van der Waals surface area contributed by atoms with Crippen LogP contribution in [0.15, 0.2) is 0 Å². The number of methoxy groups -OCH3 is 1. The first-order chi connectivity index (χ1) is 6.22. The maximum absolute atomic E-state index is 11.2. The molecule has 2 nitrogen and oxygen atoms in total. The van der Waals surface area contributed by atoms with Gasteiger partial charge in [-0.2, -0.15) is 0 Å². The van der Waals surface area contributed by atoms with E-state index >= 15 is 0 Å². The molecule has 84 valence electrons. The fraction of sp³-hybridized carbons (Fsp3) is 0.909. The van der Waals surface area contributed by atoms with Gasteiger partial charge in [0.15, 0.2) is 0 Å². The number of halogens is 1. The molecule has 0 atom stereocenters. The highest BCUT2D eigenvalue weighted by Crippen LogP contribution is 2.37. The van der Waals surface area contributed by atoms with Crippen molar-refractivity contribution in [2.24, 2.45) is 10.8 Å². The van der Waals surface area contributed by atoms with E-state index in [0.717, 1.165) is 11.8 Å². The van der Waals surface area contributed by atoms with Crippen molar-refractivity contribution in [2.75, 3.05) is 12.4 Å². The summed E-state index contributed by atoms with van der Waals surface area (Å²) in [6.45, 7) is 8.60. The maximum atomic E-state index is 11.2. The van der Waals surface area contributed by atoms with Crippen molar-refractivity contribution in [1.29, 1.82) is 0 Å². The maximum Gasteiger partial charge on any atom is 0.306 e. The van der Waals surface area contributed by atoms with Crippen LogP contribution >= 0.6 is 15.9 Å². The van der Waals surface area contributed by atoms with Gasteiger partial charge in [0.25, 0.3) is 0 Å². The SMILES string of the molecule is COC(=O)CC(C)(C)CC(C)(C)CBr. The molecule has 0 aliphatic carbocycles. The first kappa shape index (κ1) is 13.9. The molecule has 3 heteroatoms.